The van der Waals surface area contributed by atoms with E-state index in [-0.39, 0.29) is 30.9 Å². The molecule has 0 saturated carbocycles. The van der Waals surface area contributed by atoms with E-state index < -0.39 is 0 Å². The number of ether oxygens (including phenoxy) is 1. The largest absolute Gasteiger partial charge is 0.394 e. The summed E-state index contributed by atoms with van der Waals surface area (Å²) >= 11 is 3.65. The Hall–Kier alpha value is -0.460. The third-order valence-electron chi connectivity index (χ3n) is 4.05. The van der Waals surface area contributed by atoms with Crippen LogP contribution < -0.4 is 5.73 Å². The van der Waals surface area contributed by atoms with Crippen molar-refractivity contribution >= 4 is 15.9 Å². The minimum atomic E-state index is -0.136. The first-order chi connectivity index (χ1) is 10.1. The third-order valence-corrected chi connectivity index (χ3v) is 4.77. The van der Waals surface area contributed by atoms with Gasteiger partial charge in [0.2, 0.25) is 0 Å². The molecule has 4 nitrogen and oxygen atoms in total. The SMILES string of the molecule is CCC(N)C(c1ccccc1Br)N1CC(C)OC(CO)C1. The Labute approximate surface area is 135 Å². The van der Waals surface area contributed by atoms with E-state index in [4.69, 9.17) is 10.5 Å². The lowest BCUT2D eigenvalue weighted by Gasteiger charge is -2.43. The van der Waals surface area contributed by atoms with Crippen molar-refractivity contribution < 1.29 is 9.84 Å². The maximum absolute atomic E-state index is 9.44. The van der Waals surface area contributed by atoms with Crippen LogP contribution in [0.5, 0.6) is 0 Å². The summed E-state index contributed by atoms with van der Waals surface area (Å²) in [4.78, 5) is 2.35. The Kier molecular flexibility index (Phi) is 6.20. The highest BCUT2D eigenvalue weighted by Crippen LogP contribution is 2.32. The summed E-state index contributed by atoms with van der Waals surface area (Å²) in [6, 6.07) is 8.42. The molecule has 1 heterocycles. The highest BCUT2D eigenvalue weighted by atomic mass is 79.9. The summed E-state index contributed by atoms with van der Waals surface area (Å²) in [7, 11) is 0. The molecule has 0 spiro atoms. The maximum Gasteiger partial charge on any atom is 0.0936 e. The minimum absolute atomic E-state index is 0.0465. The molecule has 5 heteroatoms. The second-order valence-corrected chi connectivity index (χ2v) is 6.60. The molecule has 1 aromatic rings. The van der Waals surface area contributed by atoms with Crippen molar-refractivity contribution in [2.75, 3.05) is 19.7 Å². The molecule has 2 rings (SSSR count). The average Bonchev–Trinajstić information content (AvgIpc) is 2.48. The molecule has 0 amide bonds. The Morgan fingerprint density at radius 3 is 2.76 bits per heavy atom. The summed E-state index contributed by atoms with van der Waals surface area (Å²) in [6.07, 6.45) is 0.870. The van der Waals surface area contributed by atoms with Crippen LogP contribution in [-0.4, -0.2) is 48.0 Å². The molecular weight excluding hydrogens is 332 g/mol. The van der Waals surface area contributed by atoms with Crippen LogP contribution in [0.3, 0.4) is 0 Å². The van der Waals surface area contributed by atoms with Gasteiger partial charge >= 0.3 is 0 Å². The van der Waals surface area contributed by atoms with E-state index in [1.54, 1.807) is 0 Å². The van der Waals surface area contributed by atoms with Crippen molar-refractivity contribution in [2.45, 2.75) is 44.6 Å². The lowest BCUT2D eigenvalue weighted by Crippen LogP contribution is -2.52. The maximum atomic E-state index is 9.44. The molecule has 4 atom stereocenters. The van der Waals surface area contributed by atoms with Crippen molar-refractivity contribution in [3.63, 3.8) is 0 Å². The molecule has 1 fully saturated rings. The van der Waals surface area contributed by atoms with Gasteiger partial charge in [-0.25, -0.2) is 0 Å². The number of aliphatic hydroxyl groups is 1. The normalized spacial score (nSPS) is 26.5. The summed E-state index contributed by atoms with van der Waals surface area (Å²) in [5.41, 5.74) is 7.62. The zero-order chi connectivity index (χ0) is 15.4. The van der Waals surface area contributed by atoms with Crippen LogP contribution >= 0.6 is 15.9 Å². The molecule has 1 aliphatic heterocycles. The van der Waals surface area contributed by atoms with Crippen molar-refractivity contribution in [3.05, 3.63) is 34.3 Å². The Morgan fingerprint density at radius 2 is 2.14 bits per heavy atom. The third kappa shape index (κ3) is 4.05. The van der Waals surface area contributed by atoms with E-state index in [2.05, 4.69) is 39.9 Å². The number of morpholine rings is 1. The zero-order valence-corrected chi connectivity index (χ0v) is 14.3. The van der Waals surface area contributed by atoms with Crippen LogP contribution in [0.2, 0.25) is 0 Å². The van der Waals surface area contributed by atoms with Crippen molar-refractivity contribution in [2.24, 2.45) is 5.73 Å². The molecule has 1 aromatic carbocycles. The van der Waals surface area contributed by atoms with Gasteiger partial charge in [-0.2, -0.15) is 0 Å². The number of aliphatic hydroxyl groups excluding tert-OH is 1. The summed E-state index contributed by atoms with van der Waals surface area (Å²) in [6.45, 7) is 5.74. The van der Waals surface area contributed by atoms with E-state index in [0.717, 1.165) is 17.4 Å². The number of nitrogens with zero attached hydrogens (tertiary/aromatic N) is 1. The fraction of sp³-hybridized carbons (Fsp3) is 0.625. The number of rotatable bonds is 5. The molecule has 0 bridgehead atoms. The Balaban J connectivity index is 2.30. The molecule has 21 heavy (non-hydrogen) atoms. The van der Waals surface area contributed by atoms with Gasteiger partial charge in [0, 0.05) is 23.6 Å². The molecule has 0 aromatic heterocycles. The first-order valence-electron chi connectivity index (χ1n) is 7.57. The van der Waals surface area contributed by atoms with Crippen LogP contribution in [0.1, 0.15) is 31.9 Å². The van der Waals surface area contributed by atoms with Gasteiger partial charge in [-0.15, -0.1) is 0 Å². The van der Waals surface area contributed by atoms with Crippen LogP contribution in [0.4, 0.5) is 0 Å². The lowest BCUT2D eigenvalue weighted by molar-refractivity contribution is -0.108. The lowest BCUT2D eigenvalue weighted by atomic mass is 9.95. The van der Waals surface area contributed by atoms with Crippen molar-refractivity contribution in [1.29, 1.82) is 0 Å². The zero-order valence-electron chi connectivity index (χ0n) is 12.7. The number of hydrogen-bond donors (Lipinski definition) is 2. The highest BCUT2D eigenvalue weighted by Gasteiger charge is 2.33. The Morgan fingerprint density at radius 1 is 1.43 bits per heavy atom. The van der Waals surface area contributed by atoms with Gasteiger partial charge in [-0.3, -0.25) is 4.90 Å². The Bertz CT molecular complexity index is 458. The number of halogens is 1. The number of benzene rings is 1. The molecule has 1 aliphatic rings. The van der Waals surface area contributed by atoms with Gasteiger partial charge in [0.25, 0.3) is 0 Å². The van der Waals surface area contributed by atoms with Gasteiger partial charge < -0.3 is 15.6 Å². The van der Waals surface area contributed by atoms with E-state index in [0.29, 0.717) is 6.54 Å². The number of nitrogens with two attached hydrogens (primary N) is 1. The molecule has 0 radical (unpaired) electrons. The van der Waals surface area contributed by atoms with Gasteiger partial charge in [0.05, 0.1) is 24.9 Å². The molecule has 4 unspecified atom stereocenters. The quantitative estimate of drug-likeness (QED) is 0.849. The van der Waals surface area contributed by atoms with Crippen molar-refractivity contribution in [3.8, 4) is 0 Å². The highest BCUT2D eigenvalue weighted by molar-refractivity contribution is 9.10. The second kappa shape index (κ2) is 7.70. The van der Waals surface area contributed by atoms with Crippen molar-refractivity contribution in [1.82, 2.24) is 4.90 Å². The fourth-order valence-corrected chi connectivity index (χ4v) is 3.56. The molecular formula is C16H25BrN2O2. The van der Waals surface area contributed by atoms with Crippen LogP contribution in [0, 0.1) is 0 Å². The van der Waals surface area contributed by atoms with Gasteiger partial charge in [0.1, 0.15) is 0 Å². The molecule has 118 valence electrons. The topological polar surface area (TPSA) is 58.7 Å². The average molecular weight is 357 g/mol. The van der Waals surface area contributed by atoms with Crippen LogP contribution in [0.15, 0.2) is 28.7 Å². The van der Waals surface area contributed by atoms with E-state index in [1.807, 2.05) is 19.1 Å². The summed E-state index contributed by atoms with van der Waals surface area (Å²) in [5, 5.41) is 9.44. The van der Waals surface area contributed by atoms with Crippen LogP contribution in [-0.2, 0) is 4.74 Å². The predicted octanol–water partition coefficient (Wildman–Crippen LogP) is 2.31. The van der Waals surface area contributed by atoms with Crippen LogP contribution in [0.25, 0.3) is 0 Å². The second-order valence-electron chi connectivity index (χ2n) is 5.74. The monoisotopic (exact) mass is 356 g/mol. The summed E-state index contributed by atoms with van der Waals surface area (Å²) < 4.78 is 6.83. The standard InChI is InChI=1S/C16H25BrN2O2/c1-3-15(18)16(13-6-4-5-7-14(13)17)19-8-11(2)21-12(9-19)10-20/h4-7,11-12,15-16,20H,3,8-10,18H2,1-2H3. The smallest absolute Gasteiger partial charge is 0.0936 e. The first kappa shape index (κ1) is 16.9. The molecule has 3 N–H and O–H groups in total. The van der Waals surface area contributed by atoms with E-state index >= 15 is 0 Å². The van der Waals surface area contributed by atoms with Gasteiger partial charge in [-0.05, 0) is 25.0 Å². The minimum Gasteiger partial charge on any atom is -0.394 e. The van der Waals surface area contributed by atoms with Gasteiger partial charge in [-0.1, -0.05) is 41.1 Å². The molecule has 0 aliphatic carbocycles. The first-order valence-corrected chi connectivity index (χ1v) is 8.36. The van der Waals surface area contributed by atoms with Gasteiger partial charge in [0.15, 0.2) is 0 Å². The van der Waals surface area contributed by atoms with E-state index in [1.165, 1.54) is 5.56 Å². The number of hydrogen-bond acceptors (Lipinski definition) is 4. The summed E-state index contributed by atoms with van der Waals surface area (Å²) in [5.74, 6) is 0. The van der Waals surface area contributed by atoms with E-state index in [9.17, 15) is 5.11 Å². The fourth-order valence-electron chi connectivity index (χ4n) is 3.05. The predicted molar refractivity (Wildman–Crippen MR) is 88.1 cm³/mol. The molecule has 1 saturated heterocycles.